The molecule has 19 heavy (non-hydrogen) atoms. The highest BCUT2D eigenvalue weighted by atomic mass is 32.1. The Bertz CT molecular complexity index is 500. The molecule has 0 radical (unpaired) electrons. The van der Waals surface area contributed by atoms with Crippen LogP contribution < -0.4 is 10.2 Å². The minimum Gasteiger partial charge on any atom is -0.379 e. The van der Waals surface area contributed by atoms with Crippen LogP contribution in [0.5, 0.6) is 0 Å². The molecular weight excluding hydrogens is 254 g/mol. The molecule has 1 aromatic carbocycles. The van der Waals surface area contributed by atoms with E-state index in [1.165, 1.54) is 5.69 Å². The number of aromatic nitrogens is 1. The van der Waals surface area contributed by atoms with Gasteiger partial charge in [-0.3, -0.25) is 0 Å². The second-order valence-corrected chi connectivity index (χ2v) is 5.49. The first-order valence-corrected chi connectivity index (χ1v) is 7.60. The summed E-state index contributed by atoms with van der Waals surface area (Å²) in [5.74, 6) is 0. The minimum absolute atomic E-state index is 0.787. The molecule has 102 valence electrons. The number of benzene rings is 1. The summed E-state index contributed by atoms with van der Waals surface area (Å²) in [5.41, 5.74) is 3.52. The molecule has 0 aliphatic heterocycles. The Kier molecular flexibility index (Phi) is 4.80. The molecule has 1 aromatic heterocycles. The van der Waals surface area contributed by atoms with E-state index in [1.54, 1.807) is 11.3 Å². The molecule has 2 aromatic rings. The van der Waals surface area contributed by atoms with Crippen molar-refractivity contribution >= 4 is 22.7 Å². The lowest BCUT2D eigenvalue weighted by Gasteiger charge is -2.21. The zero-order valence-electron chi connectivity index (χ0n) is 11.8. The van der Waals surface area contributed by atoms with E-state index < -0.39 is 0 Å². The Morgan fingerprint density at radius 2 is 1.84 bits per heavy atom. The molecule has 0 saturated heterocycles. The molecule has 0 saturated carbocycles. The zero-order chi connectivity index (χ0) is 13.7. The fraction of sp³-hybridized carbons (Fsp3) is 0.400. The highest BCUT2D eigenvalue weighted by molar-refractivity contribution is 7.09. The van der Waals surface area contributed by atoms with Crippen LogP contribution in [0, 0.1) is 6.92 Å². The molecule has 3 nitrogen and oxygen atoms in total. The number of thiazole rings is 1. The van der Waals surface area contributed by atoms with Gasteiger partial charge in [-0.25, -0.2) is 4.98 Å². The first kappa shape index (κ1) is 13.9. The standard InChI is InChI=1S/C15H21N3S/c1-4-18(5-2)15-8-6-13(7-9-15)16-10-14-11-19-12(3)17-14/h6-9,11,16H,4-5,10H2,1-3H3. The van der Waals surface area contributed by atoms with E-state index >= 15 is 0 Å². The maximum Gasteiger partial charge on any atom is 0.0898 e. The summed E-state index contributed by atoms with van der Waals surface area (Å²) >= 11 is 1.69. The van der Waals surface area contributed by atoms with Crippen molar-refractivity contribution in [3.63, 3.8) is 0 Å². The van der Waals surface area contributed by atoms with E-state index in [-0.39, 0.29) is 0 Å². The van der Waals surface area contributed by atoms with Gasteiger partial charge >= 0.3 is 0 Å². The quantitative estimate of drug-likeness (QED) is 0.866. The monoisotopic (exact) mass is 275 g/mol. The Morgan fingerprint density at radius 1 is 1.16 bits per heavy atom. The molecule has 1 heterocycles. The van der Waals surface area contributed by atoms with Crippen LogP contribution >= 0.6 is 11.3 Å². The highest BCUT2D eigenvalue weighted by Crippen LogP contribution is 2.18. The summed E-state index contributed by atoms with van der Waals surface area (Å²) in [6.07, 6.45) is 0. The highest BCUT2D eigenvalue weighted by Gasteiger charge is 2.02. The summed E-state index contributed by atoms with van der Waals surface area (Å²) in [7, 11) is 0. The Balaban J connectivity index is 1.95. The van der Waals surface area contributed by atoms with E-state index in [1.807, 2.05) is 6.92 Å². The summed E-state index contributed by atoms with van der Waals surface area (Å²) < 4.78 is 0. The smallest absolute Gasteiger partial charge is 0.0898 e. The summed E-state index contributed by atoms with van der Waals surface area (Å²) in [5, 5.41) is 6.63. The lowest BCUT2D eigenvalue weighted by molar-refractivity contribution is 0.866. The van der Waals surface area contributed by atoms with E-state index in [0.29, 0.717) is 0 Å². The summed E-state index contributed by atoms with van der Waals surface area (Å²) in [6.45, 7) is 9.27. The topological polar surface area (TPSA) is 28.2 Å². The van der Waals surface area contributed by atoms with Gasteiger partial charge in [0, 0.05) is 29.8 Å². The molecule has 0 aliphatic carbocycles. The fourth-order valence-electron chi connectivity index (χ4n) is 2.06. The lowest BCUT2D eigenvalue weighted by atomic mass is 10.2. The van der Waals surface area contributed by atoms with Crippen LogP contribution in [0.3, 0.4) is 0 Å². The van der Waals surface area contributed by atoms with Crippen LogP contribution in [0.15, 0.2) is 29.6 Å². The number of anilines is 2. The Labute approximate surface area is 119 Å². The van der Waals surface area contributed by atoms with Crippen molar-refractivity contribution in [2.75, 3.05) is 23.3 Å². The Morgan fingerprint density at radius 3 is 2.37 bits per heavy atom. The molecule has 4 heteroatoms. The number of nitrogens with one attached hydrogen (secondary N) is 1. The van der Waals surface area contributed by atoms with Crippen molar-refractivity contribution in [2.24, 2.45) is 0 Å². The molecule has 0 unspecified atom stereocenters. The molecule has 0 fully saturated rings. The molecule has 0 amide bonds. The predicted molar refractivity (Wildman–Crippen MR) is 84.2 cm³/mol. The number of rotatable bonds is 6. The third-order valence-corrected chi connectivity index (χ3v) is 3.96. The first-order chi connectivity index (χ1) is 9.22. The van der Waals surface area contributed by atoms with Crippen LogP contribution in [-0.4, -0.2) is 18.1 Å². The van der Waals surface area contributed by atoms with Crippen molar-refractivity contribution in [1.29, 1.82) is 0 Å². The minimum atomic E-state index is 0.787. The molecule has 0 atom stereocenters. The van der Waals surface area contributed by atoms with Crippen LogP contribution in [0.2, 0.25) is 0 Å². The lowest BCUT2D eigenvalue weighted by Crippen LogP contribution is -2.21. The van der Waals surface area contributed by atoms with Crippen LogP contribution in [0.25, 0.3) is 0 Å². The van der Waals surface area contributed by atoms with Gasteiger partial charge in [0.15, 0.2) is 0 Å². The van der Waals surface area contributed by atoms with Crippen molar-refractivity contribution in [3.8, 4) is 0 Å². The van der Waals surface area contributed by atoms with E-state index in [4.69, 9.17) is 0 Å². The predicted octanol–water partition coefficient (Wildman–Crippen LogP) is 3.91. The van der Waals surface area contributed by atoms with Crippen molar-refractivity contribution in [2.45, 2.75) is 27.3 Å². The molecular formula is C15H21N3S. The van der Waals surface area contributed by atoms with Gasteiger partial charge in [-0.1, -0.05) is 0 Å². The first-order valence-electron chi connectivity index (χ1n) is 6.72. The second kappa shape index (κ2) is 6.57. The molecule has 1 N–H and O–H groups in total. The van der Waals surface area contributed by atoms with Crippen LogP contribution in [-0.2, 0) is 6.54 Å². The van der Waals surface area contributed by atoms with Gasteiger partial charge in [0.25, 0.3) is 0 Å². The van der Waals surface area contributed by atoms with E-state index in [2.05, 4.69) is 58.7 Å². The third-order valence-electron chi connectivity index (χ3n) is 3.14. The summed E-state index contributed by atoms with van der Waals surface area (Å²) in [6, 6.07) is 8.60. The average molecular weight is 275 g/mol. The van der Waals surface area contributed by atoms with Gasteiger partial charge < -0.3 is 10.2 Å². The molecule has 2 rings (SSSR count). The number of aryl methyl sites for hydroxylation is 1. The normalized spacial score (nSPS) is 10.5. The number of nitrogens with zero attached hydrogens (tertiary/aromatic N) is 2. The maximum absolute atomic E-state index is 4.45. The molecule has 0 aliphatic rings. The fourth-order valence-corrected chi connectivity index (χ4v) is 2.67. The SMILES string of the molecule is CCN(CC)c1ccc(NCc2csc(C)n2)cc1. The van der Waals surface area contributed by atoms with Gasteiger partial charge in [0.2, 0.25) is 0 Å². The van der Waals surface area contributed by atoms with Crippen LogP contribution in [0.1, 0.15) is 24.5 Å². The van der Waals surface area contributed by atoms with Gasteiger partial charge in [-0.05, 0) is 45.0 Å². The number of hydrogen-bond donors (Lipinski definition) is 1. The van der Waals surface area contributed by atoms with Gasteiger partial charge in [-0.15, -0.1) is 11.3 Å². The van der Waals surface area contributed by atoms with Gasteiger partial charge in [0.05, 0.1) is 17.2 Å². The Hall–Kier alpha value is -1.55. The maximum atomic E-state index is 4.45. The molecule has 0 bridgehead atoms. The van der Waals surface area contributed by atoms with Crippen molar-refractivity contribution in [3.05, 3.63) is 40.3 Å². The zero-order valence-corrected chi connectivity index (χ0v) is 12.6. The summed E-state index contributed by atoms with van der Waals surface area (Å²) in [4.78, 5) is 6.79. The number of hydrogen-bond acceptors (Lipinski definition) is 4. The van der Waals surface area contributed by atoms with E-state index in [9.17, 15) is 0 Å². The molecule has 0 spiro atoms. The second-order valence-electron chi connectivity index (χ2n) is 4.43. The van der Waals surface area contributed by atoms with E-state index in [0.717, 1.165) is 36.0 Å². The van der Waals surface area contributed by atoms with Gasteiger partial charge in [0.1, 0.15) is 0 Å². The largest absolute Gasteiger partial charge is 0.379 e. The third kappa shape index (κ3) is 3.70. The average Bonchev–Trinajstić information content (AvgIpc) is 2.85. The van der Waals surface area contributed by atoms with Gasteiger partial charge in [-0.2, -0.15) is 0 Å². The van der Waals surface area contributed by atoms with Crippen LogP contribution in [0.4, 0.5) is 11.4 Å². The van der Waals surface area contributed by atoms with Crippen molar-refractivity contribution < 1.29 is 0 Å². The van der Waals surface area contributed by atoms with Crippen molar-refractivity contribution in [1.82, 2.24) is 4.98 Å².